The molecule has 2 heterocycles. The molecule has 2 aromatic carbocycles. The summed E-state index contributed by atoms with van der Waals surface area (Å²) in [6.45, 7) is 0.481. The number of pyridine rings is 1. The van der Waals surface area contributed by atoms with Crippen LogP contribution in [0.25, 0.3) is 21.9 Å². The van der Waals surface area contributed by atoms with Crippen molar-refractivity contribution in [2.24, 2.45) is 0 Å². The van der Waals surface area contributed by atoms with E-state index in [4.69, 9.17) is 11.6 Å². The van der Waals surface area contributed by atoms with Gasteiger partial charge in [0.05, 0.1) is 23.1 Å². The fourth-order valence-corrected chi connectivity index (χ4v) is 3.13. The molecule has 1 N–H and O–H groups in total. The van der Waals surface area contributed by atoms with Crippen LogP contribution in [0, 0.1) is 0 Å². The second-order valence-electron chi connectivity index (χ2n) is 5.37. The first-order valence-corrected chi connectivity index (χ1v) is 7.73. The number of hydrogen-bond donors (Lipinski definition) is 1. The van der Waals surface area contributed by atoms with Crippen molar-refractivity contribution in [2.75, 3.05) is 0 Å². The third kappa shape index (κ3) is 2.36. The van der Waals surface area contributed by atoms with Gasteiger partial charge >= 0.3 is 0 Å². The van der Waals surface area contributed by atoms with Gasteiger partial charge in [0.1, 0.15) is 12.4 Å². The van der Waals surface area contributed by atoms with Crippen LogP contribution in [-0.2, 0) is 13.2 Å². The predicted octanol–water partition coefficient (Wildman–Crippen LogP) is 3.78. The third-order valence-corrected chi connectivity index (χ3v) is 4.33. The second kappa shape index (κ2) is 5.65. The molecule has 0 radical (unpaired) electrons. The van der Waals surface area contributed by atoms with Crippen molar-refractivity contribution in [1.82, 2.24) is 14.5 Å². The number of aliphatic hydroxyl groups excluding tert-OH is 1. The highest BCUT2D eigenvalue weighted by Crippen LogP contribution is 2.26. The highest BCUT2D eigenvalue weighted by Gasteiger charge is 2.12. The van der Waals surface area contributed by atoms with Gasteiger partial charge in [-0.05, 0) is 35.9 Å². The highest BCUT2D eigenvalue weighted by molar-refractivity contribution is 6.35. The highest BCUT2D eigenvalue weighted by atomic mass is 35.5. The van der Waals surface area contributed by atoms with E-state index in [9.17, 15) is 5.11 Å². The van der Waals surface area contributed by atoms with Gasteiger partial charge in [-0.25, -0.2) is 4.98 Å². The van der Waals surface area contributed by atoms with Gasteiger partial charge in [0.2, 0.25) is 0 Å². The fraction of sp³-hybridized carbons (Fsp3) is 0.111. The largest absolute Gasteiger partial charge is 0.388 e. The van der Waals surface area contributed by atoms with Crippen LogP contribution in [0.15, 0.2) is 54.7 Å². The van der Waals surface area contributed by atoms with Crippen molar-refractivity contribution >= 4 is 33.5 Å². The zero-order valence-corrected chi connectivity index (χ0v) is 13.0. The lowest BCUT2D eigenvalue weighted by Crippen LogP contribution is -2.06. The minimum atomic E-state index is -0.104. The normalized spacial score (nSPS) is 11.4. The molecule has 4 nitrogen and oxygen atoms in total. The smallest absolute Gasteiger partial charge is 0.136 e. The molecule has 0 bridgehead atoms. The van der Waals surface area contributed by atoms with E-state index < -0.39 is 0 Å². The fourth-order valence-electron chi connectivity index (χ4n) is 2.92. The minimum Gasteiger partial charge on any atom is -0.388 e. The number of nitrogens with zero attached hydrogens (tertiary/aromatic N) is 3. The maximum Gasteiger partial charge on any atom is 0.136 e. The van der Waals surface area contributed by atoms with E-state index in [-0.39, 0.29) is 6.61 Å². The van der Waals surface area contributed by atoms with E-state index in [2.05, 4.69) is 9.97 Å². The number of fused-ring (bicyclic) bond motifs is 2. The number of benzene rings is 2. The number of aromatic nitrogens is 3. The molecular formula is C18H14ClN3O. The Hall–Kier alpha value is -2.43. The Labute approximate surface area is 138 Å². The van der Waals surface area contributed by atoms with Crippen LogP contribution < -0.4 is 0 Å². The maximum atomic E-state index is 9.63. The lowest BCUT2D eigenvalue weighted by molar-refractivity contribution is 0.267. The molecule has 0 aliphatic rings. The quantitative estimate of drug-likeness (QED) is 0.624. The molecule has 0 unspecified atom stereocenters. The summed E-state index contributed by atoms with van der Waals surface area (Å²) in [7, 11) is 0. The molecule has 0 saturated carbocycles. The molecule has 0 atom stereocenters. The summed E-state index contributed by atoms with van der Waals surface area (Å²) in [6, 6.07) is 15.6. The van der Waals surface area contributed by atoms with E-state index in [1.807, 2.05) is 53.1 Å². The van der Waals surface area contributed by atoms with Crippen molar-refractivity contribution in [3.63, 3.8) is 0 Å². The van der Waals surface area contributed by atoms with E-state index in [1.54, 1.807) is 6.20 Å². The van der Waals surface area contributed by atoms with Gasteiger partial charge in [0, 0.05) is 16.6 Å². The van der Waals surface area contributed by atoms with Gasteiger partial charge in [-0.15, -0.1) is 0 Å². The van der Waals surface area contributed by atoms with Gasteiger partial charge in [0.25, 0.3) is 0 Å². The molecule has 4 aromatic rings. The Kier molecular flexibility index (Phi) is 3.48. The Balaban J connectivity index is 1.90. The molecule has 2 aromatic heterocycles. The van der Waals surface area contributed by atoms with Crippen molar-refractivity contribution in [2.45, 2.75) is 13.2 Å². The molecule has 0 fully saturated rings. The van der Waals surface area contributed by atoms with Crippen LogP contribution in [0.4, 0.5) is 0 Å². The zero-order chi connectivity index (χ0) is 15.8. The Morgan fingerprint density at radius 2 is 1.91 bits per heavy atom. The molecule has 4 rings (SSSR count). The molecular weight excluding hydrogens is 310 g/mol. The van der Waals surface area contributed by atoms with Gasteiger partial charge in [0.15, 0.2) is 0 Å². The van der Waals surface area contributed by atoms with Gasteiger partial charge < -0.3 is 9.67 Å². The summed E-state index contributed by atoms with van der Waals surface area (Å²) in [5, 5.41) is 11.3. The van der Waals surface area contributed by atoms with E-state index in [0.29, 0.717) is 17.4 Å². The number of halogens is 1. The molecule has 114 valence electrons. The number of aliphatic hydroxyl groups is 1. The first-order chi connectivity index (χ1) is 11.3. The van der Waals surface area contributed by atoms with Crippen molar-refractivity contribution in [3.8, 4) is 0 Å². The molecule has 0 saturated heterocycles. The second-order valence-corrected chi connectivity index (χ2v) is 5.77. The first-order valence-electron chi connectivity index (χ1n) is 7.35. The standard InChI is InChI=1S/C18H14ClN3O/c19-14-8-7-12(18-13(14)4-3-9-20-18)10-22-16-6-2-1-5-15(16)21-17(22)11-23/h1-9,23H,10-11H2. The number of hydrogen-bond acceptors (Lipinski definition) is 3. The zero-order valence-electron chi connectivity index (χ0n) is 12.3. The van der Waals surface area contributed by atoms with Crippen molar-refractivity contribution in [1.29, 1.82) is 0 Å². The summed E-state index contributed by atoms with van der Waals surface area (Å²) in [4.78, 5) is 8.97. The summed E-state index contributed by atoms with van der Waals surface area (Å²) < 4.78 is 2.02. The number of imidazole rings is 1. The first kappa shape index (κ1) is 14.2. The lowest BCUT2D eigenvalue weighted by Gasteiger charge is -2.11. The topological polar surface area (TPSA) is 50.9 Å². The Morgan fingerprint density at radius 3 is 2.78 bits per heavy atom. The molecule has 0 aliphatic carbocycles. The molecule has 0 aliphatic heterocycles. The SMILES string of the molecule is OCc1nc2ccccc2n1Cc1ccc(Cl)c2cccnc12. The summed E-state index contributed by atoms with van der Waals surface area (Å²) in [5.41, 5.74) is 3.79. The van der Waals surface area contributed by atoms with Gasteiger partial charge in [-0.1, -0.05) is 29.8 Å². The predicted molar refractivity (Wildman–Crippen MR) is 91.5 cm³/mol. The van der Waals surface area contributed by atoms with Gasteiger partial charge in [-0.2, -0.15) is 0 Å². The van der Waals surface area contributed by atoms with Crippen LogP contribution in [0.2, 0.25) is 5.02 Å². The van der Waals surface area contributed by atoms with E-state index in [0.717, 1.165) is 27.5 Å². The molecule has 5 heteroatoms. The van der Waals surface area contributed by atoms with E-state index in [1.165, 1.54) is 0 Å². The summed E-state index contributed by atoms with van der Waals surface area (Å²) in [5.74, 6) is 0.644. The van der Waals surface area contributed by atoms with Crippen molar-refractivity contribution < 1.29 is 5.11 Å². The average Bonchev–Trinajstić information content (AvgIpc) is 2.95. The van der Waals surface area contributed by atoms with Crippen LogP contribution in [0.5, 0.6) is 0 Å². The summed E-state index contributed by atoms with van der Waals surface area (Å²) >= 11 is 6.27. The summed E-state index contributed by atoms with van der Waals surface area (Å²) in [6.07, 6.45) is 1.77. The van der Waals surface area contributed by atoms with Crippen LogP contribution >= 0.6 is 11.6 Å². The van der Waals surface area contributed by atoms with Crippen LogP contribution in [0.1, 0.15) is 11.4 Å². The minimum absolute atomic E-state index is 0.104. The van der Waals surface area contributed by atoms with Gasteiger partial charge in [-0.3, -0.25) is 4.98 Å². The molecule has 23 heavy (non-hydrogen) atoms. The van der Waals surface area contributed by atoms with E-state index >= 15 is 0 Å². The van der Waals surface area contributed by atoms with Crippen molar-refractivity contribution in [3.05, 3.63) is 71.1 Å². The number of rotatable bonds is 3. The lowest BCUT2D eigenvalue weighted by atomic mass is 10.1. The Bertz CT molecular complexity index is 1010. The van der Waals surface area contributed by atoms with Crippen LogP contribution in [0.3, 0.4) is 0 Å². The monoisotopic (exact) mass is 323 g/mol. The molecule has 0 amide bonds. The Morgan fingerprint density at radius 1 is 1.04 bits per heavy atom. The molecule has 0 spiro atoms. The third-order valence-electron chi connectivity index (χ3n) is 4.00. The van der Waals surface area contributed by atoms with Crippen LogP contribution in [-0.4, -0.2) is 19.6 Å². The average molecular weight is 324 g/mol. The number of para-hydroxylation sites is 2. The maximum absolute atomic E-state index is 9.63.